The number of aromatic nitrogens is 4. The number of thiazole rings is 1. The highest BCUT2D eigenvalue weighted by Crippen LogP contribution is 2.30. The number of benzene rings is 1. The van der Waals surface area contributed by atoms with Crippen molar-refractivity contribution in [3.05, 3.63) is 46.8 Å². The summed E-state index contributed by atoms with van der Waals surface area (Å²) in [4.78, 5) is 13.6. The number of fused-ring (bicyclic) bond motifs is 2. The van der Waals surface area contributed by atoms with Gasteiger partial charge in [-0.25, -0.2) is 15.0 Å². The van der Waals surface area contributed by atoms with Crippen molar-refractivity contribution in [1.82, 2.24) is 19.5 Å². The van der Waals surface area contributed by atoms with Gasteiger partial charge in [-0.05, 0) is 52.5 Å². The lowest BCUT2D eigenvalue weighted by atomic mass is 9.93. The van der Waals surface area contributed by atoms with Gasteiger partial charge in [0.25, 0.3) is 0 Å². The fourth-order valence-electron chi connectivity index (χ4n) is 3.80. The molecule has 1 saturated carbocycles. The first kappa shape index (κ1) is 18.0. The zero-order valence-corrected chi connectivity index (χ0v) is 17.6. The van der Waals surface area contributed by atoms with Gasteiger partial charge in [0.1, 0.15) is 5.52 Å². The van der Waals surface area contributed by atoms with Gasteiger partial charge >= 0.3 is 0 Å². The lowest BCUT2D eigenvalue weighted by Crippen LogP contribution is -2.36. The van der Waals surface area contributed by atoms with Gasteiger partial charge in [0, 0.05) is 10.7 Å². The molecule has 1 aliphatic rings. The molecule has 0 spiro atoms. The van der Waals surface area contributed by atoms with Crippen molar-refractivity contribution >= 4 is 53.8 Å². The van der Waals surface area contributed by atoms with Crippen LogP contribution >= 0.6 is 27.3 Å². The molecule has 3 aromatic heterocycles. The van der Waals surface area contributed by atoms with Crippen molar-refractivity contribution < 1.29 is 5.11 Å². The molecule has 4 aromatic rings. The number of anilines is 1. The van der Waals surface area contributed by atoms with E-state index in [4.69, 9.17) is 4.98 Å². The summed E-state index contributed by atoms with van der Waals surface area (Å²) < 4.78 is 4.13. The number of aliphatic hydroxyl groups is 1. The van der Waals surface area contributed by atoms with Crippen molar-refractivity contribution in [2.75, 3.05) is 5.32 Å². The number of imidazole rings is 1. The smallest absolute Gasteiger partial charge is 0.184 e. The Hall–Kier alpha value is -2.03. The van der Waals surface area contributed by atoms with E-state index in [1.54, 1.807) is 17.5 Å². The van der Waals surface area contributed by atoms with E-state index in [0.29, 0.717) is 6.54 Å². The lowest BCUT2D eigenvalue weighted by Gasteiger charge is -2.27. The van der Waals surface area contributed by atoms with Crippen molar-refractivity contribution in [2.45, 2.75) is 44.4 Å². The van der Waals surface area contributed by atoms with Crippen LogP contribution in [0.3, 0.4) is 0 Å². The molecule has 5 rings (SSSR count). The maximum absolute atomic E-state index is 10.2. The average Bonchev–Trinajstić information content (AvgIpc) is 3.26. The molecular weight excluding hydrogens is 438 g/mol. The third kappa shape index (κ3) is 3.52. The molecule has 2 atom stereocenters. The van der Waals surface area contributed by atoms with Crippen LogP contribution in [-0.4, -0.2) is 36.8 Å². The second-order valence-electron chi connectivity index (χ2n) is 7.29. The number of hydrogen-bond donors (Lipinski definition) is 2. The molecule has 6 nitrogen and oxygen atoms in total. The summed E-state index contributed by atoms with van der Waals surface area (Å²) >= 11 is 5.08. The summed E-state index contributed by atoms with van der Waals surface area (Å²) in [5, 5.41) is 14.5. The molecule has 0 aliphatic heterocycles. The average molecular weight is 458 g/mol. The Labute approximate surface area is 174 Å². The SMILES string of the molecule is O[C@H]1CCCC[C@H]1Nc1nc2ccc(Cn3cnc4cc(Br)cnc43)cc2s1. The number of hydrogen-bond acceptors (Lipinski definition) is 6. The largest absolute Gasteiger partial charge is 0.391 e. The van der Waals surface area contributed by atoms with Gasteiger partial charge in [-0.1, -0.05) is 30.2 Å². The minimum atomic E-state index is -0.279. The minimum absolute atomic E-state index is 0.108. The number of nitrogens with zero attached hydrogens (tertiary/aromatic N) is 4. The topological polar surface area (TPSA) is 75.9 Å². The maximum atomic E-state index is 10.2. The molecule has 1 aromatic carbocycles. The van der Waals surface area contributed by atoms with Crippen LogP contribution in [0, 0.1) is 0 Å². The van der Waals surface area contributed by atoms with Gasteiger partial charge in [0.05, 0.1) is 35.2 Å². The molecule has 144 valence electrons. The predicted molar refractivity (Wildman–Crippen MR) is 116 cm³/mol. The summed E-state index contributed by atoms with van der Waals surface area (Å²) in [5.74, 6) is 0. The first-order valence-corrected chi connectivity index (χ1v) is 11.1. The summed E-state index contributed by atoms with van der Waals surface area (Å²) in [6.07, 6.45) is 7.49. The Morgan fingerprint density at radius 1 is 1.18 bits per heavy atom. The summed E-state index contributed by atoms with van der Waals surface area (Å²) in [6.45, 7) is 0.711. The Kier molecular flexibility index (Phi) is 4.78. The highest BCUT2D eigenvalue weighted by Gasteiger charge is 2.23. The Bertz CT molecular complexity index is 1140. The zero-order valence-electron chi connectivity index (χ0n) is 15.2. The molecule has 8 heteroatoms. The molecule has 0 saturated heterocycles. The minimum Gasteiger partial charge on any atom is -0.391 e. The van der Waals surface area contributed by atoms with Crippen LogP contribution in [0.1, 0.15) is 31.2 Å². The fraction of sp³-hybridized carbons (Fsp3) is 0.350. The van der Waals surface area contributed by atoms with E-state index in [0.717, 1.165) is 56.7 Å². The van der Waals surface area contributed by atoms with E-state index in [-0.39, 0.29) is 12.1 Å². The number of nitrogens with one attached hydrogen (secondary N) is 1. The Morgan fingerprint density at radius 2 is 2.07 bits per heavy atom. The van der Waals surface area contributed by atoms with Crippen LogP contribution in [0.2, 0.25) is 0 Å². The molecule has 2 N–H and O–H groups in total. The normalized spacial score (nSPS) is 20.1. The van der Waals surface area contributed by atoms with E-state index in [2.05, 4.69) is 54.0 Å². The Balaban J connectivity index is 1.38. The van der Waals surface area contributed by atoms with E-state index in [9.17, 15) is 5.11 Å². The quantitative estimate of drug-likeness (QED) is 0.469. The third-order valence-electron chi connectivity index (χ3n) is 5.27. The highest BCUT2D eigenvalue weighted by molar-refractivity contribution is 9.10. The van der Waals surface area contributed by atoms with Gasteiger partial charge in [-0.2, -0.15) is 0 Å². The molecule has 0 radical (unpaired) electrons. The highest BCUT2D eigenvalue weighted by atomic mass is 79.9. The van der Waals surface area contributed by atoms with Crippen molar-refractivity contribution in [1.29, 1.82) is 0 Å². The van der Waals surface area contributed by atoms with Gasteiger partial charge in [-0.3, -0.25) is 0 Å². The van der Waals surface area contributed by atoms with Gasteiger partial charge in [0.2, 0.25) is 0 Å². The maximum Gasteiger partial charge on any atom is 0.184 e. The van der Waals surface area contributed by atoms with Crippen molar-refractivity contribution in [2.24, 2.45) is 0 Å². The van der Waals surface area contributed by atoms with Crippen molar-refractivity contribution in [3.63, 3.8) is 0 Å². The summed E-state index contributed by atoms with van der Waals surface area (Å²) in [7, 11) is 0. The first-order chi connectivity index (χ1) is 13.7. The van der Waals surface area contributed by atoms with Gasteiger partial charge in [0.15, 0.2) is 10.8 Å². The second-order valence-corrected chi connectivity index (χ2v) is 9.24. The van der Waals surface area contributed by atoms with Crippen LogP contribution in [-0.2, 0) is 6.54 Å². The molecule has 0 amide bonds. The third-order valence-corrected chi connectivity index (χ3v) is 6.65. The van der Waals surface area contributed by atoms with Crippen LogP contribution in [0.5, 0.6) is 0 Å². The standard InChI is InChI=1S/C20H20BrN5OS/c21-13-8-16-19(22-9-13)26(11-23-16)10-12-5-6-15-18(7-12)28-20(25-15)24-14-3-1-2-4-17(14)27/h5-9,11,14,17,27H,1-4,10H2,(H,24,25)/t14-,17+/m1/s1. The molecule has 0 bridgehead atoms. The van der Waals surface area contributed by atoms with E-state index >= 15 is 0 Å². The molecule has 1 fully saturated rings. The Morgan fingerprint density at radius 3 is 2.96 bits per heavy atom. The fourth-order valence-corrected chi connectivity index (χ4v) is 5.11. The lowest BCUT2D eigenvalue weighted by molar-refractivity contribution is 0.116. The molecule has 3 heterocycles. The molecule has 28 heavy (non-hydrogen) atoms. The molecular formula is C20H20BrN5OS. The zero-order chi connectivity index (χ0) is 19.1. The number of rotatable bonds is 4. The number of halogens is 1. The monoisotopic (exact) mass is 457 g/mol. The van der Waals surface area contributed by atoms with E-state index < -0.39 is 0 Å². The van der Waals surface area contributed by atoms with Crippen LogP contribution in [0.15, 0.2) is 41.3 Å². The summed E-state index contributed by atoms with van der Waals surface area (Å²) in [6, 6.07) is 8.43. The van der Waals surface area contributed by atoms with E-state index in [1.165, 1.54) is 5.56 Å². The molecule has 0 unspecified atom stereocenters. The second kappa shape index (κ2) is 7.42. The van der Waals surface area contributed by atoms with Gasteiger partial charge in [-0.15, -0.1) is 0 Å². The van der Waals surface area contributed by atoms with E-state index in [1.807, 2.05) is 12.4 Å². The number of pyridine rings is 1. The predicted octanol–water partition coefficient (Wildman–Crippen LogP) is 4.57. The molecule has 1 aliphatic carbocycles. The first-order valence-electron chi connectivity index (χ1n) is 9.46. The van der Waals surface area contributed by atoms with Gasteiger partial charge < -0.3 is 15.0 Å². The summed E-state index contributed by atoms with van der Waals surface area (Å²) in [5.41, 5.74) is 3.93. The van der Waals surface area contributed by atoms with Crippen LogP contribution < -0.4 is 5.32 Å². The van der Waals surface area contributed by atoms with Crippen LogP contribution in [0.4, 0.5) is 5.13 Å². The van der Waals surface area contributed by atoms with Crippen molar-refractivity contribution in [3.8, 4) is 0 Å². The van der Waals surface area contributed by atoms with Crippen LogP contribution in [0.25, 0.3) is 21.4 Å². The number of aliphatic hydroxyl groups excluding tert-OH is 1.